The maximum atomic E-state index is 12.8. The number of fused-ring (bicyclic) bond motifs is 1. The quantitative estimate of drug-likeness (QED) is 0.521. The SMILES string of the molecule is O=C(c1cccs1)c1conc1C(=O)c1ccc2ccccc2c1. The summed E-state index contributed by atoms with van der Waals surface area (Å²) in [6, 6.07) is 16.7. The third-order valence-corrected chi connectivity index (χ3v) is 4.65. The summed E-state index contributed by atoms with van der Waals surface area (Å²) in [5, 5.41) is 7.58. The van der Waals surface area contributed by atoms with Crippen LogP contribution in [0, 0.1) is 0 Å². The lowest BCUT2D eigenvalue weighted by atomic mass is 10.00. The van der Waals surface area contributed by atoms with Gasteiger partial charge in [-0.2, -0.15) is 0 Å². The minimum Gasteiger partial charge on any atom is -0.363 e. The van der Waals surface area contributed by atoms with Crippen molar-refractivity contribution in [3.05, 3.63) is 87.9 Å². The second-order valence-corrected chi connectivity index (χ2v) is 6.22. The van der Waals surface area contributed by atoms with Crippen molar-refractivity contribution in [2.24, 2.45) is 0 Å². The highest BCUT2D eigenvalue weighted by molar-refractivity contribution is 7.12. The standard InChI is InChI=1S/C19H11NO3S/c21-18(14-8-7-12-4-1-2-5-13(12)10-14)17-15(11-23-20-17)19(22)16-6-3-9-24-16/h1-11H. The van der Waals surface area contributed by atoms with Crippen LogP contribution in [0.2, 0.25) is 0 Å². The van der Waals surface area contributed by atoms with Crippen LogP contribution in [-0.4, -0.2) is 16.7 Å². The first-order chi connectivity index (χ1) is 11.7. The van der Waals surface area contributed by atoms with Crippen molar-refractivity contribution in [1.82, 2.24) is 5.16 Å². The predicted octanol–water partition coefficient (Wildman–Crippen LogP) is 4.35. The van der Waals surface area contributed by atoms with Crippen molar-refractivity contribution in [3.8, 4) is 0 Å². The molecule has 24 heavy (non-hydrogen) atoms. The number of nitrogens with zero attached hydrogens (tertiary/aromatic N) is 1. The Kier molecular flexibility index (Phi) is 3.55. The van der Waals surface area contributed by atoms with Crippen LogP contribution < -0.4 is 0 Å². The number of hydrogen-bond donors (Lipinski definition) is 0. The van der Waals surface area contributed by atoms with E-state index in [-0.39, 0.29) is 22.8 Å². The summed E-state index contributed by atoms with van der Waals surface area (Å²) in [6.07, 6.45) is 1.23. The molecule has 0 bridgehead atoms. The lowest BCUT2D eigenvalue weighted by molar-refractivity contribution is 0.100. The summed E-state index contributed by atoms with van der Waals surface area (Å²) in [4.78, 5) is 25.8. The summed E-state index contributed by atoms with van der Waals surface area (Å²) in [5.74, 6) is -0.579. The zero-order chi connectivity index (χ0) is 16.5. The van der Waals surface area contributed by atoms with E-state index in [1.807, 2.05) is 35.7 Å². The van der Waals surface area contributed by atoms with E-state index in [0.717, 1.165) is 10.8 Å². The highest BCUT2D eigenvalue weighted by atomic mass is 32.1. The van der Waals surface area contributed by atoms with E-state index in [2.05, 4.69) is 5.16 Å². The first kappa shape index (κ1) is 14.5. The van der Waals surface area contributed by atoms with Gasteiger partial charge in [0.25, 0.3) is 0 Å². The van der Waals surface area contributed by atoms with E-state index in [9.17, 15) is 9.59 Å². The Morgan fingerprint density at radius 3 is 2.54 bits per heavy atom. The number of thiophene rings is 1. The second kappa shape index (κ2) is 5.86. The van der Waals surface area contributed by atoms with Gasteiger partial charge in [0, 0.05) is 5.56 Å². The van der Waals surface area contributed by atoms with Gasteiger partial charge in [0.2, 0.25) is 11.6 Å². The van der Waals surface area contributed by atoms with Crippen LogP contribution in [0.1, 0.15) is 31.3 Å². The van der Waals surface area contributed by atoms with Gasteiger partial charge in [-0.3, -0.25) is 9.59 Å². The molecule has 0 N–H and O–H groups in total. The minimum atomic E-state index is -0.325. The number of carbonyl (C=O) groups excluding carboxylic acids is 2. The van der Waals surface area contributed by atoms with Crippen LogP contribution in [0.15, 0.2) is 70.8 Å². The Balaban J connectivity index is 1.74. The monoisotopic (exact) mass is 333 g/mol. The van der Waals surface area contributed by atoms with Crippen LogP contribution in [0.25, 0.3) is 10.8 Å². The lowest BCUT2D eigenvalue weighted by Gasteiger charge is -2.02. The number of carbonyl (C=O) groups is 2. The molecule has 0 saturated carbocycles. The molecule has 0 atom stereocenters. The number of hydrogen-bond acceptors (Lipinski definition) is 5. The average molecular weight is 333 g/mol. The number of rotatable bonds is 4. The van der Waals surface area contributed by atoms with Crippen LogP contribution in [0.3, 0.4) is 0 Å². The molecule has 0 spiro atoms. The summed E-state index contributed by atoms with van der Waals surface area (Å²) >= 11 is 1.32. The van der Waals surface area contributed by atoms with Gasteiger partial charge in [-0.25, -0.2) is 0 Å². The Hall–Kier alpha value is -3.05. The molecule has 5 heteroatoms. The molecule has 4 rings (SSSR count). The van der Waals surface area contributed by atoms with E-state index >= 15 is 0 Å². The summed E-state index contributed by atoms with van der Waals surface area (Å²) in [5.41, 5.74) is 0.710. The number of benzene rings is 2. The fourth-order valence-corrected chi connectivity index (χ4v) is 3.25. The average Bonchev–Trinajstić information content (AvgIpc) is 3.31. The third kappa shape index (κ3) is 2.45. The predicted molar refractivity (Wildman–Crippen MR) is 91.6 cm³/mol. The summed E-state index contributed by atoms with van der Waals surface area (Å²) in [6.45, 7) is 0. The largest absolute Gasteiger partial charge is 0.363 e. The molecule has 0 amide bonds. The van der Waals surface area contributed by atoms with E-state index in [4.69, 9.17) is 4.52 Å². The van der Waals surface area contributed by atoms with E-state index in [1.165, 1.54) is 17.6 Å². The molecule has 0 fully saturated rings. The van der Waals surface area contributed by atoms with Crippen molar-refractivity contribution in [2.75, 3.05) is 0 Å². The molecule has 0 unspecified atom stereocenters. The molecule has 0 aliphatic rings. The first-order valence-corrected chi connectivity index (χ1v) is 8.18. The van der Waals surface area contributed by atoms with Crippen molar-refractivity contribution < 1.29 is 14.1 Å². The van der Waals surface area contributed by atoms with E-state index in [0.29, 0.717) is 10.4 Å². The van der Waals surface area contributed by atoms with Crippen LogP contribution in [0.4, 0.5) is 0 Å². The number of aromatic nitrogens is 1. The molecule has 4 nitrogen and oxygen atoms in total. The molecule has 2 aromatic carbocycles. The topological polar surface area (TPSA) is 60.2 Å². The van der Waals surface area contributed by atoms with Crippen molar-refractivity contribution >= 4 is 33.7 Å². The maximum absolute atomic E-state index is 12.8. The molecule has 0 aliphatic heterocycles. The second-order valence-electron chi connectivity index (χ2n) is 5.27. The molecule has 0 saturated heterocycles. The Labute approximate surface area is 141 Å². The minimum absolute atomic E-state index is 0.0451. The molecular formula is C19H11NO3S. The molecule has 4 aromatic rings. The van der Waals surface area contributed by atoms with Crippen molar-refractivity contribution in [2.45, 2.75) is 0 Å². The van der Waals surface area contributed by atoms with Gasteiger partial charge in [0.05, 0.1) is 10.4 Å². The van der Waals surface area contributed by atoms with E-state index in [1.54, 1.807) is 24.3 Å². The highest BCUT2D eigenvalue weighted by Crippen LogP contribution is 2.22. The smallest absolute Gasteiger partial charge is 0.215 e. The fourth-order valence-electron chi connectivity index (χ4n) is 2.57. The molecular weight excluding hydrogens is 322 g/mol. The molecule has 0 aliphatic carbocycles. The van der Waals surface area contributed by atoms with Crippen LogP contribution in [-0.2, 0) is 0 Å². The lowest BCUT2D eigenvalue weighted by Crippen LogP contribution is -2.09. The van der Waals surface area contributed by atoms with Crippen LogP contribution in [0.5, 0.6) is 0 Å². The van der Waals surface area contributed by atoms with Gasteiger partial charge in [-0.15, -0.1) is 11.3 Å². The zero-order valence-corrected chi connectivity index (χ0v) is 13.2. The van der Waals surface area contributed by atoms with Crippen LogP contribution >= 0.6 is 11.3 Å². The van der Waals surface area contributed by atoms with Gasteiger partial charge < -0.3 is 4.52 Å². The summed E-state index contributed by atoms with van der Waals surface area (Å²) in [7, 11) is 0. The molecule has 116 valence electrons. The Morgan fingerprint density at radius 1 is 0.917 bits per heavy atom. The van der Waals surface area contributed by atoms with Crippen molar-refractivity contribution in [3.63, 3.8) is 0 Å². The molecule has 2 heterocycles. The van der Waals surface area contributed by atoms with Gasteiger partial charge in [0.15, 0.2) is 5.69 Å². The fraction of sp³-hybridized carbons (Fsp3) is 0. The number of ketones is 2. The molecule has 0 radical (unpaired) electrons. The van der Waals surface area contributed by atoms with E-state index < -0.39 is 0 Å². The normalized spacial score (nSPS) is 10.8. The third-order valence-electron chi connectivity index (χ3n) is 3.79. The first-order valence-electron chi connectivity index (χ1n) is 7.30. The maximum Gasteiger partial charge on any atom is 0.215 e. The zero-order valence-electron chi connectivity index (χ0n) is 12.4. The van der Waals surface area contributed by atoms with Gasteiger partial charge >= 0.3 is 0 Å². The van der Waals surface area contributed by atoms with Gasteiger partial charge in [-0.1, -0.05) is 47.6 Å². The van der Waals surface area contributed by atoms with Gasteiger partial charge in [0.1, 0.15) is 6.26 Å². The molecule has 2 aromatic heterocycles. The van der Waals surface area contributed by atoms with Gasteiger partial charge in [-0.05, 0) is 28.3 Å². The Bertz CT molecular complexity index is 1050. The highest BCUT2D eigenvalue weighted by Gasteiger charge is 2.24. The van der Waals surface area contributed by atoms with Crippen molar-refractivity contribution in [1.29, 1.82) is 0 Å². The summed E-state index contributed by atoms with van der Waals surface area (Å²) < 4.78 is 4.91. The Morgan fingerprint density at radius 2 is 1.75 bits per heavy atom.